The van der Waals surface area contributed by atoms with Gasteiger partial charge in [-0.3, -0.25) is 9.36 Å². The summed E-state index contributed by atoms with van der Waals surface area (Å²) in [6.07, 6.45) is 0.974. The van der Waals surface area contributed by atoms with Gasteiger partial charge in [0, 0.05) is 34.5 Å². The number of aryl methyl sites for hydroxylation is 1. The molecule has 1 amide bonds. The molecule has 0 saturated heterocycles. The van der Waals surface area contributed by atoms with Crippen molar-refractivity contribution in [2.75, 3.05) is 7.11 Å². The molecular weight excluding hydrogens is 497 g/mol. The molecule has 2 heterocycles. The summed E-state index contributed by atoms with van der Waals surface area (Å²) in [7, 11) is -2.72. The Morgan fingerprint density at radius 1 is 1.26 bits per heavy atom. The molecular formula is C24H18ClF2N4O3P. The van der Waals surface area contributed by atoms with E-state index in [0.29, 0.717) is 21.5 Å². The van der Waals surface area contributed by atoms with E-state index in [0.717, 1.165) is 12.3 Å². The predicted molar refractivity (Wildman–Crippen MR) is 128 cm³/mol. The monoisotopic (exact) mass is 514 g/mol. The van der Waals surface area contributed by atoms with E-state index in [-0.39, 0.29) is 21.9 Å². The number of hydrogen-bond donors (Lipinski definition) is 2. The van der Waals surface area contributed by atoms with Crippen LogP contribution in [0.25, 0.3) is 10.9 Å². The maximum absolute atomic E-state index is 14.4. The Balaban J connectivity index is 1.88. The normalized spacial score (nSPS) is 12.8. The number of carbonyl (C=O) groups is 1. The van der Waals surface area contributed by atoms with Crippen LogP contribution in [-0.4, -0.2) is 23.0 Å². The molecule has 0 aliphatic rings. The molecule has 0 saturated carbocycles. The summed E-state index contributed by atoms with van der Waals surface area (Å²) in [5.74, 6) is -2.70. The second-order valence-corrected chi connectivity index (χ2v) is 10.6. The molecule has 0 bridgehead atoms. The summed E-state index contributed by atoms with van der Waals surface area (Å²) in [6.45, 7) is 1.24. The van der Waals surface area contributed by atoms with Gasteiger partial charge in [0.25, 0.3) is 13.3 Å². The lowest BCUT2D eigenvalue weighted by Gasteiger charge is -2.19. The molecule has 7 nitrogen and oxygen atoms in total. The summed E-state index contributed by atoms with van der Waals surface area (Å²) in [5, 5.41) is 12.8. The molecule has 0 fully saturated rings. The first-order valence-electron chi connectivity index (χ1n) is 10.2. The van der Waals surface area contributed by atoms with Crippen LogP contribution in [0.3, 0.4) is 0 Å². The number of benzene rings is 2. The first-order valence-corrected chi connectivity index (χ1v) is 12.2. The minimum absolute atomic E-state index is 0.0246. The highest BCUT2D eigenvalue weighted by molar-refractivity contribution is 7.75. The quantitative estimate of drug-likeness (QED) is 0.291. The fourth-order valence-corrected chi connectivity index (χ4v) is 6.26. The average Bonchev–Trinajstić information content (AvgIpc) is 3.22. The van der Waals surface area contributed by atoms with E-state index in [1.54, 1.807) is 31.2 Å². The number of pyridine rings is 1. The highest BCUT2D eigenvalue weighted by atomic mass is 35.5. The molecule has 178 valence electrons. The van der Waals surface area contributed by atoms with Crippen LogP contribution in [-0.2, 0) is 15.6 Å². The Morgan fingerprint density at radius 3 is 2.71 bits per heavy atom. The molecule has 2 aromatic heterocycles. The molecule has 0 aliphatic carbocycles. The zero-order valence-corrected chi connectivity index (χ0v) is 20.2. The molecule has 4 rings (SSSR count). The van der Waals surface area contributed by atoms with Gasteiger partial charge in [0.2, 0.25) is 5.95 Å². The van der Waals surface area contributed by atoms with Crippen LogP contribution < -0.4 is 15.9 Å². The van der Waals surface area contributed by atoms with Crippen molar-refractivity contribution < 1.29 is 22.7 Å². The lowest BCUT2D eigenvalue weighted by molar-refractivity contribution is 0.0947. The van der Waals surface area contributed by atoms with Crippen LogP contribution in [0.15, 0.2) is 48.7 Å². The average molecular weight is 515 g/mol. The van der Waals surface area contributed by atoms with Crippen LogP contribution >= 0.6 is 19.0 Å². The van der Waals surface area contributed by atoms with Gasteiger partial charge in [-0.1, -0.05) is 11.6 Å². The summed E-state index contributed by atoms with van der Waals surface area (Å²) < 4.78 is 47.9. The van der Waals surface area contributed by atoms with Crippen LogP contribution in [0.4, 0.5) is 8.78 Å². The molecule has 0 aliphatic heterocycles. The van der Waals surface area contributed by atoms with Crippen molar-refractivity contribution in [3.63, 3.8) is 0 Å². The molecule has 4 aromatic rings. The minimum atomic E-state index is -3.96. The molecule has 11 heteroatoms. The number of amides is 1. The number of carbonyl (C=O) groups excluding carboxylic acids is 1. The third-order valence-electron chi connectivity index (χ3n) is 5.41. The van der Waals surface area contributed by atoms with E-state index in [2.05, 4.69) is 15.3 Å². The van der Waals surface area contributed by atoms with Crippen molar-refractivity contribution in [1.29, 1.82) is 5.26 Å². The van der Waals surface area contributed by atoms with E-state index in [1.807, 2.05) is 6.07 Å². The Labute approximate surface area is 204 Å². The number of nitrogens with one attached hydrogen (secondary N) is 2. The molecule has 2 aromatic carbocycles. The fourth-order valence-electron chi connectivity index (χ4n) is 3.80. The number of aromatic nitrogens is 2. The number of nitriles is 1. The van der Waals surface area contributed by atoms with Crippen molar-refractivity contribution in [3.8, 4) is 6.07 Å². The summed E-state index contributed by atoms with van der Waals surface area (Å²) in [6, 6.07) is 12.4. The standard InChI is InChI=1S/C24H18ClF2N4O3P/c1-13-7-14(11-28)9-16(8-13)35(33,34-2)22-17-10-15(25)3-4-20(17)31-21(22)24(32)30-12-18-19(26)5-6-29-23(18)27/h3-10,31H,12H2,1-2H3,(H,30,32). The van der Waals surface area contributed by atoms with Gasteiger partial charge in [0.1, 0.15) is 11.5 Å². The molecule has 35 heavy (non-hydrogen) atoms. The largest absolute Gasteiger partial charge is 0.350 e. The maximum Gasteiger partial charge on any atom is 0.268 e. The Kier molecular flexibility index (Phi) is 6.73. The summed E-state index contributed by atoms with van der Waals surface area (Å²) in [4.78, 5) is 19.5. The van der Waals surface area contributed by atoms with Gasteiger partial charge in [-0.15, -0.1) is 0 Å². The minimum Gasteiger partial charge on any atom is -0.350 e. The summed E-state index contributed by atoms with van der Waals surface area (Å²) >= 11 is 6.19. The van der Waals surface area contributed by atoms with Gasteiger partial charge < -0.3 is 14.8 Å². The number of rotatable bonds is 6. The molecule has 0 radical (unpaired) electrons. The predicted octanol–water partition coefficient (Wildman–Crippen LogP) is 4.48. The van der Waals surface area contributed by atoms with Crippen molar-refractivity contribution in [2.45, 2.75) is 13.5 Å². The van der Waals surface area contributed by atoms with Crippen LogP contribution in [0.2, 0.25) is 5.02 Å². The van der Waals surface area contributed by atoms with Gasteiger partial charge in [0.05, 0.1) is 29.0 Å². The lowest BCUT2D eigenvalue weighted by Crippen LogP contribution is -2.30. The number of hydrogen-bond acceptors (Lipinski definition) is 5. The van der Waals surface area contributed by atoms with Crippen molar-refractivity contribution in [2.24, 2.45) is 0 Å². The van der Waals surface area contributed by atoms with Gasteiger partial charge >= 0.3 is 0 Å². The topological polar surface area (TPSA) is 108 Å². The van der Waals surface area contributed by atoms with Crippen LogP contribution in [0.1, 0.15) is 27.2 Å². The van der Waals surface area contributed by atoms with E-state index < -0.39 is 37.1 Å². The zero-order chi connectivity index (χ0) is 25.3. The number of halogens is 3. The Bertz CT molecular complexity index is 1540. The SMILES string of the molecule is COP(=O)(c1cc(C)cc(C#N)c1)c1c(C(=O)NCc2c(F)ccnc2F)[nH]c2ccc(Cl)cc12. The van der Waals surface area contributed by atoms with Crippen LogP contribution in [0, 0.1) is 30.0 Å². The second kappa shape index (κ2) is 9.59. The number of aromatic amines is 1. The van der Waals surface area contributed by atoms with Crippen molar-refractivity contribution in [3.05, 3.63) is 87.8 Å². The van der Waals surface area contributed by atoms with E-state index in [1.165, 1.54) is 19.2 Å². The Morgan fingerprint density at radius 2 is 2.03 bits per heavy atom. The molecule has 2 N–H and O–H groups in total. The van der Waals surface area contributed by atoms with Crippen LogP contribution in [0.5, 0.6) is 0 Å². The number of H-pyrrole nitrogens is 1. The third kappa shape index (κ3) is 4.56. The smallest absolute Gasteiger partial charge is 0.268 e. The Hall–Kier alpha value is -3.57. The van der Waals surface area contributed by atoms with Gasteiger partial charge in [-0.2, -0.15) is 9.65 Å². The second-order valence-electron chi connectivity index (χ2n) is 7.69. The third-order valence-corrected chi connectivity index (χ3v) is 8.16. The first-order chi connectivity index (χ1) is 16.7. The van der Waals surface area contributed by atoms with Gasteiger partial charge in [-0.05, 0) is 55.0 Å². The highest BCUT2D eigenvalue weighted by Gasteiger charge is 2.36. The molecule has 1 atom stereocenters. The van der Waals surface area contributed by atoms with E-state index in [9.17, 15) is 23.4 Å². The number of nitrogens with zero attached hydrogens (tertiary/aromatic N) is 2. The lowest BCUT2D eigenvalue weighted by atomic mass is 10.2. The van der Waals surface area contributed by atoms with Crippen molar-refractivity contribution >= 4 is 46.4 Å². The highest BCUT2D eigenvalue weighted by Crippen LogP contribution is 2.47. The van der Waals surface area contributed by atoms with Gasteiger partial charge in [0.15, 0.2) is 0 Å². The maximum atomic E-state index is 14.4. The first kappa shape index (κ1) is 24.6. The van der Waals surface area contributed by atoms with E-state index >= 15 is 0 Å². The number of fused-ring (bicyclic) bond motifs is 1. The molecule has 1 unspecified atom stereocenters. The van der Waals surface area contributed by atoms with Crippen molar-refractivity contribution in [1.82, 2.24) is 15.3 Å². The zero-order valence-electron chi connectivity index (χ0n) is 18.5. The molecule has 0 spiro atoms. The summed E-state index contributed by atoms with van der Waals surface area (Å²) in [5.41, 5.74) is 0.830. The van der Waals surface area contributed by atoms with E-state index in [4.69, 9.17) is 16.1 Å². The fraction of sp³-hybridized carbons (Fsp3) is 0.125. The van der Waals surface area contributed by atoms with Gasteiger partial charge in [-0.25, -0.2) is 9.37 Å².